The van der Waals surface area contributed by atoms with Gasteiger partial charge in [0.2, 0.25) is 0 Å². The van der Waals surface area contributed by atoms with Gasteiger partial charge in [-0.3, -0.25) is 4.90 Å². The maximum absolute atomic E-state index is 6.12. The van der Waals surface area contributed by atoms with Gasteiger partial charge in [-0.15, -0.1) is 0 Å². The molecule has 18 heavy (non-hydrogen) atoms. The van der Waals surface area contributed by atoms with Crippen LogP contribution < -0.4 is 5.73 Å². The van der Waals surface area contributed by atoms with Crippen LogP contribution in [0.1, 0.15) is 26.2 Å². The summed E-state index contributed by atoms with van der Waals surface area (Å²) in [5, 5.41) is 0. The fraction of sp³-hybridized carbons (Fsp3) is 1.00. The third-order valence-electron chi connectivity index (χ3n) is 5.14. The van der Waals surface area contributed by atoms with Gasteiger partial charge in [-0.25, -0.2) is 0 Å². The van der Waals surface area contributed by atoms with Crippen LogP contribution in [0.2, 0.25) is 0 Å². The Bertz CT molecular complexity index is 273. The second kappa shape index (κ2) is 5.70. The van der Waals surface area contributed by atoms with E-state index in [1.54, 1.807) is 0 Å². The van der Waals surface area contributed by atoms with Gasteiger partial charge in [-0.2, -0.15) is 11.8 Å². The molecule has 0 radical (unpaired) electrons. The molecular weight excluding hydrogens is 242 g/mol. The van der Waals surface area contributed by atoms with E-state index in [9.17, 15) is 0 Å². The van der Waals surface area contributed by atoms with Crippen LogP contribution in [0, 0.1) is 5.92 Å². The lowest BCUT2D eigenvalue weighted by Gasteiger charge is -2.49. The van der Waals surface area contributed by atoms with Crippen molar-refractivity contribution in [1.82, 2.24) is 9.80 Å². The van der Waals surface area contributed by atoms with Crippen LogP contribution in [0.4, 0.5) is 0 Å². The van der Waals surface area contributed by atoms with E-state index in [1.165, 1.54) is 32.4 Å². The monoisotopic (exact) mass is 271 g/mol. The van der Waals surface area contributed by atoms with Gasteiger partial charge in [0.1, 0.15) is 0 Å². The van der Waals surface area contributed by atoms with Crippen molar-refractivity contribution < 1.29 is 0 Å². The van der Waals surface area contributed by atoms with Crippen molar-refractivity contribution in [3.05, 3.63) is 0 Å². The van der Waals surface area contributed by atoms with Gasteiger partial charge in [0.25, 0.3) is 0 Å². The third-order valence-corrected chi connectivity index (χ3v) is 6.64. The fourth-order valence-electron chi connectivity index (χ4n) is 3.81. The van der Waals surface area contributed by atoms with Crippen molar-refractivity contribution in [2.45, 2.75) is 43.0 Å². The quantitative estimate of drug-likeness (QED) is 0.821. The molecule has 1 saturated heterocycles. The molecule has 1 aliphatic heterocycles. The van der Waals surface area contributed by atoms with Crippen LogP contribution in [-0.4, -0.2) is 66.6 Å². The molecule has 0 aromatic heterocycles. The second-order valence-corrected chi connectivity index (χ2v) is 7.56. The Morgan fingerprint density at radius 1 is 1.39 bits per heavy atom. The number of thioether (sulfide) groups is 1. The van der Waals surface area contributed by atoms with Gasteiger partial charge in [0, 0.05) is 36.5 Å². The first-order valence-corrected chi connectivity index (χ1v) is 8.42. The number of hydrogen-bond donors (Lipinski definition) is 1. The first-order valence-electron chi connectivity index (χ1n) is 7.20. The molecule has 2 aliphatic rings. The van der Waals surface area contributed by atoms with E-state index in [4.69, 9.17) is 5.73 Å². The normalized spacial score (nSPS) is 33.7. The number of hydrogen-bond acceptors (Lipinski definition) is 4. The molecule has 4 heteroatoms. The highest BCUT2D eigenvalue weighted by atomic mass is 32.2. The fourth-order valence-corrected chi connectivity index (χ4v) is 5.02. The number of likely N-dealkylation sites (tertiary alicyclic amines) is 1. The summed E-state index contributed by atoms with van der Waals surface area (Å²) in [6.07, 6.45) is 6.36. The highest BCUT2D eigenvalue weighted by molar-refractivity contribution is 8.00. The molecule has 3 atom stereocenters. The first-order chi connectivity index (χ1) is 8.54. The largest absolute Gasteiger partial charge is 0.329 e. The molecule has 1 saturated carbocycles. The second-order valence-electron chi connectivity index (χ2n) is 6.34. The lowest BCUT2D eigenvalue weighted by atomic mass is 9.77. The molecule has 3 nitrogen and oxygen atoms in total. The van der Waals surface area contributed by atoms with Crippen molar-refractivity contribution in [3.63, 3.8) is 0 Å². The van der Waals surface area contributed by atoms with Crippen molar-refractivity contribution in [1.29, 1.82) is 0 Å². The zero-order valence-electron chi connectivity index (χ0n) is 12.4. The summed E-state index contributed by atoms with van der Waals surface area (Å²) in [5.74, 6) is 0.757. The maximum atomic E-state index is 6.12. The van der Waals surface area contributed by atoms with Gasteiger partial charge in [-0.05, 0) is 39.1 Å². The number of nitrogens with two attached hydrogens (primary N) is 1. The van der Waals surface area contributed by atoms with E-state index in [2.05, 4.69) is 48.8 Å². The molecule has 1 heterocycles. The molecule has 2 fully saturated rings. The summed E-state index contributed by atoms with van der Waals surface area (Å²) in [6.45, 7) is 5.60. The summed E-state index contributed by atoms with van der Waals surface area (Å²) < 4.78 is 0.454. The molecule has 0 aromatic carbocycles. The average molecular weight is 271 g/mol. The molecule has 0 amide bonds. The number of likely N-dealkylation sites (N-methyl/N-ethyl adjacent to an activating group) is 1. The summed E-state index contributed by atoms with van der Waals surface area (Å²) in [5.41, 5.74) is 6.12. The number of rotatable bonds is 5. The summed E-state index contributed by atoms with van der Waals surface area (Å²) in [7, 11) is 4.41. The predicted molar refractivity (Wildman–Crippen MR) is 81.2 cm³/mol. The highest BCUT2D eigenvalue weighted by Gasteiger charge is 2.48. The highest BCUT2D eigenvalue weighted by Crippen LogP contribution is 2.47. The summed E-state index contributed by atoms with van der Waals surface area (Å²) in [4.78, 5) is 5.05. The smallest absolute Gasteiger partial charge is 0.0366 e. The Labute approximate surface area is 116 Å². The van der Waals surface area contributed by atoms with Gasteiger partial charge in [0.05, 0.1) is 0 Å². The van der Waals surface area contributed by atoms with Crippen molar-refractivity contribution in [2.24, 2.45) is 11.7 Å². The van der Waals surface area contributed by atoms with E-state index in [1.807, 2.05) is 0 Å². The van der Waals surface area contributed by atoms with Crippen LogP contribution >= 0.6 is 11.8 Å². The Hall–Kier alpha value is 0.230. The van der Waals surface area contributed by atoms with E-state index in [0.29, 0.717) is 16.8 Å². The molecule has 0 spiro atoms. The van der Waals surface area contributed by atoms with E-state index in [0.717, 1.165) is 12.5 Å². The average Bonchev–Trinajstić information content (AvgIpc) is 2.65. The predicted octanol–water partition coefficient (Wildman–Crippen LogP) is 1.48. The Morgan fingerprint density at radius 2 is 2.06 bits per heavy atom. The van der Waals surface area contributed by atoms with Gasteiger partial charge in [0.15, 0.2) is 0 Å². The van der Waals surface area contributed by atoms with Crippen molar-refractivity contribution in [2.75, 3.05) is 40.0 Å². The lowest BCUT2D eigenvalue weighted by Crippen LogP contribution is -2.57. The first kappa shape index (κ1) is 14.6. The molecule has 0 aromatic rings. The van der Waals surface area contributed by atoms with Crippen LogP contribution in [0.25, 0.3) is 0 Å². The Morgan fingerprint density at radius 3 is 2.39 bits per heavy atom. The molecule has 0 bridgehead atoms. The molecule has 106 valence electrons. The summed E-state index contributed by atoms with van der Waals surface area (Å²) in [6, 6.07) is 1.27. The minimum absolute atomic E-state index is 0.454. The molecule has 2 N–H and O–H groups in total. The zero-order valence-corrected chi connectivity index (χ0v) is 13.2. The van der Waals surface area contributed by atoms with E-state index in [-0.39, 0.29) is 0 Å². The van der Waals surface area contributed by atoms with Gasteiger partial charge >= 0.3 is 0 Å². The van der Waals surface area contributed by atoms with E-state index < -0.39 is 0 Å². The zero-order chi connectivity index (χ0) is 13.3. The van der Waals surface area contributed by atoms with E-state index >= 15 is 0 Å². The standard InChI is InChI=1S/C14H29N3S/c1-11-9-17(10-12(11)16(2)3)13(8-15)14(18-4)6-5-7-14/h11-13H,5-10,15H2,1-4H3. The Kier molecular flexibility index (Phi) is 4.63. The van der Waals surface area contributed by atoms with Gasteiger partial charge in [-0.1, -0.05) is 13.3 Å². The maximum Gasteiger partial charge on any atom is 0.0366 e. The third kappa shape index (κ3) is 2.45. The molecule has 1 aliphatic carbocycles. The minimum Gasteiger partial charge on any atom is -0.329 e. The van der Waals surface area contributed by atoms with Crippen LogP contribution in [0.5, 0.6) is 0 Å². The van der Waals surface area contributed by atoms with Crippen LogP contribution in [0.15, 0.2) is 0 Å². The molecule has 2 rings (SSSR count). The Balaban J connectivity index is 2.06. The minimum atomic E-state index is 0.454. The summed E-state index contributed by atoms with van der Waals surface area (Å²) >= 11 is 2.05. The lowest BCUT2D eigenvalue weighted by molar-refractivity contribution is 0.140. The van der Waals surface area contributed by atoms with Crippen molar-refractivity contribution >= 4 is 11.8 Å². The molecular formula is C14H29N3S. The van der Waals surface area contributed by atoms with Crippen molar-refractivity contribution in [3.8, 4) is 0 Å². The number of nitrogens with zero attached hydrogens (tertiary/aromatic N) is 2. The molecule has 3 unspecified atom stereocenters. The van der Waals surface area contributed by atoms with Gasteiger partial charge < -0.3 is 10.6 Å². The topological polar surface area (TPSA) is 32.5 Å². The SMILES string of the molecule is CSC1(C(CN)N2CC(C)C(N(C)C)C2)CCC1. The van der Waals surface area contributed by atoms with Crippen LogP contribution in [-0.2, 0) is 0 Å². The van der Waals surface area contributed by atoms with Crippen LogP contribution in [0.3, 0.4) is 0 Å².